The molecule has 0 saturated carbocycles. The van der Waals surface area contributed by atoms with Crippen LogP contribution in [0.25, 0.3) is 0 Å². The van der Waals surface area contributed by atoms with E-state index in [4.69, 9.17) is 0 Å². The van der Waals surface area contributed by atoms with Crippen molar-refractivity contribution in [2.75, 3.05) is 0 Å². The molecule has 1 aliphatic rings. The fraction of sp³-hybridized carbons (Fsp3) is 0.250. The minimum atomic E-state index is -0.190. The molecule has 2 aromatic rings. The van der Waals surface area contributed by atoms with Crippen molar-refractivity contribution in [2.45, 2.75) is 18.9 Å². The van der Waals surface area contributed by atoms with E-state index in [1.165, 1.54) is 11.6 Å². The Bertz CT molecular complexity index is 522. The maximum atomic E-state index is 13.4. The Kier molecular flexibility index (Phi) is 2.32. The molecule has 3 rings (SSSR count). The van der Waals surface area contributed by atoms with Gasteiger partial charge in [-0.25, -0.2) is 4.39 Å². The lowest BCUT2D eigenvalue weighted by atomic mass is 10.1. The van der Waals surface area contributed by atoms with Crippen molar-refractivity contribution in [3.8, 4) is 0 Å². The van der Waals surface area contributed by atoms with Crippen LogP contribution in [0.5, 0.6) is 0 Å². The first kappa shape index (κ1) is 10.0. The second-order valence-corrected chi connectivity index (χ2v) is 4.85. The first-order chi connectivity index (χ1) is 7.75. The summed E-state index contributed by atoms with van der Waals surface area (Å²) in [5.74, 6) is -0.190. The lowest BCUT2D eigenvalue weighted by molar-refractivity contribution is 0.517. The fourth-order valence-electron chi connectivity index (χ4n) is 2.36. The van der Waals surface area contributed by atoms with E-state index in [0.717, 1.165) is 22.9 Å². The molecule has 16 heavy (non-hydrogen) atoms. The number of hydrogen-bond donors (Lipinski definition) is 0. The molecule has 1 aliphatic carbocycles. The third kappa shape index (κ3) is 1.48. The minimum Gasteiger partial charge on any atom is -0.265 e. The molecule has 1 aromatic carbocycles. The average Bonchev–Trinajstić information content (AvgIpc) is 2.83. The maximum Gasteiger partial charge on any atom is 0.124 e. The Balaban J connectivity index is 2.12. The molecule has 1 unspecified atom stereocenters. The van der Waals surface area contributed by atoms with Crippen LogP contribution < -0.4 is 0 Å². The summed E-state index contributed by atoms with van der Waals surface area (Å²) >= 11 is 3.42. The first-order valence-electron chi connectivity index (χ1n) is 5.22. The van der Waals surface area contributed by atoms with E-state index in [0.29, 0.717) is 0 Å². The summed E-state index contributed by atoms with van der Waals surface area (Å²) in [5.41, 5.74) is 2.26. The summed E-state index contributed by atoms with van der Waals surface area (Å²) in [7, 11) is 0. The molecule has 0 amide bonds. The van der Waals surface area contributed by atoms with Gasteiger partial charge in [-0.05, 0) is 42.2 Å². The van der Waals surface area contributed by atoms with Crippen molar-refractivity contribution in [1.29, 1.82) is 0 Å². The highest BCUT2D eigenvalue weighted by Gasteiger charge is 2.26. The van der Waals surface area contributed by atoms with Crippen LogP contribution in [0.1, 0.15) is 23.6 Å². The average molecular weight is 281 g/mol. The summed E-state index contributed by atoms with van der Waals surface area (Å²) in [5, 5.41) is 4.24. The van der Waals surface area contributed by atoms with E-state index >= 15 is 0 Å². The summed E-state index contributed by atoms with van der Waals surface area (Å²) in [6.45, 7) is 0. The molecule has 82 valence electrons. The van der Waals surface area contributed by atoms with E-state index in [-0.39, 0.29) is 11.9 Å². The molecular weight excluding hydrogens is 271 g/mol. The number of fused-ring (bicyclic) bond motifs is 1. The van der Waals surface area contributed by atoms with Crippen molar-refractivity contribution >= 4 is 15.9 Å². The molecule has 0 saturated heterocycles. The van der Waals surface area contributed by atoms with Gasteiger partial charge in [-0.15, -0.1) is 0 Å². The Morgan fingerprint density at radius 2 is 2.31 bits per heavy atom. The summed E-state index contributed by atoms with van der Waals surface area (Å²) in [6.07, 6.45) is 5.64. The highest BCUT2D eigenvalue weighted by atomic mass is 79.9. The predicted octanol–water partition coefficient (Wildman–Crippen LogP) is 3.32. The largest absolute Gasteiger partial charge is 0.265 e. The molecule has 0 N–H and O–H groups in total. The van der Waals surface area contributed by atoms with Crippen molar-refractivity contribution in [3.05, 3.63) is 52.0 Å². The Labute approximate surface area is 101 Å². The summed E-state index contributed by atoms with van der Waals surface area (Å²) in [4.78, 5) is 0. The molecule has 0 aliphatic heterocycles. The van der Waals surface area contributed by atoms with Gasteiger partial charge in [0.05, 0.1) is 6.04 Å². The molecule has 0 radical (unpaired) electrons. The number of nitrogens with zero attached hydrogens (tertiary/aromatic N) is 2. The fourth-order valence-corrected chi connectivity index (χ4v) is 3.01. The lowest BCUT2D eigenvalue weighted by Crippen LogP contribution is -2.07. The third-order valence-electron chi connectivity index (χ3n) is 3.07. The van der Waals surface area contributed by atoms with Gasteiger partial charge >= 0.3 is 0 Å². The van der Waals surface area contributed by atoms with E-state index in [1.807, 2.05) is 16.9 Å². The molecule has 1 heterocycles. The second kappa shape index (κ2) is 3.70. The van der Waals surface area contributed by atoms with Gasteiger partial charge in [0.15, 0.2) is 0 Å². The zero-order valence-corrected chi connectivity index (χ0v) is 10.1. The van der Waals surface area contributed by atoms with E-state index in [2.05, 4.69) is 21.0 Å². The smallest absolute Gasteiger partial charge is 0.124 e. The minimum absolute atomic E-state index is 0.178. The molecule has 1 aromatic heterocycles. The predicted molar refractivity (Wildman–Crippen MR) is 62.8 cm³/mol. The Morgan fingerprint density at radius 1 is 1.44 bits per heavy atom. The van der Waals surface area contributed by atoms with E-state index < -0.39 is 0 Å². The van der Waals surface area contributed by atoms with E-state index in [9.17, 15) is 4.39 Å². The lowest BCUT2D eigenvalue weighted by Gasteiger charge is -2.12. The van der Waals surface area contributed by atoms with Crippen LogP contribution >= 0.6 is 15.9 Å². The normalized spacial score (nSPS) is 18.8. The molecule has 4 heteroatoms. The molecular formula is C12H10BrFN2. The Morgan fingerprint density at radius 3 is 3.06 bits per heavy atom. The quantitative estimate of drug-likeness (QED) is 0.784. The number of aromatic nitrogens is 2. The highest BCUT2D eigenvalue weighted by Crippen LogP contribution is 2.38. The summed E-state index contributed by atoms with van der Waals surface area (Å²) < 4.78 is 16.2. The molecule has 2 nitrogen and oxygen atoms in total. The van der Waals surface area contributed by atoms with Crippen molar-refractivity contribution < 1.29 is 4.39 Å². The molecule has 0 spiro atoms. The van der Waals surface area contributed by atoms with Crippen LogP contribution in [-0.4, -0.2) is 9.78 Å². The van der Waals surface area contributed by atoms with Gasteiger partial charge in [-0.2, -0.15) is 5.10 Å². The van der Waals surface area contributed by atoms with Crippen molar-refractivity contribution in [2.24, 2.45) is 0 Å². The number of benzene rings is 1. The molecule has 0 bridgehead atoms. The third-order valence-corrected chi connectivity index (χ3v) is 3.77. The maximum absolute atomic E-state index is 13.4. The monoisotopic (exact) mass is 280 g/mol. The van der Waals surface area contributed by atoms with Gasteiger partial charge in [0.25, 0.3) is 0 Å². The van der Waals surface area contributed by atoms with Crippen LogP contribution in [0, 0.1) is 5.82 Å². The van der Waals surface area contributed by atoms with Gasteiger partial charge < -0.3 is 0 Å². The van der Waals surface area contributed by atoms with Crippen LogP contribution in [0.3, 0.4) is 0 Å². The standard InChI is InChI=1S/C12H10BrFN2/c13-11-7-8(14)6-10-9(11)2-3-12(10)16-5-1-4-15-16/h1,4-7,12H,2-3H2. The van der Waals surface area contributed by atoms with Crippen molar-refractivity contribution in [1.82, 2.24) is 9.78 Å². The number of rotatable bonds is 1. The van der Waals surface area contributed by atoms with Gasteiger partial charge in [-0.3, -0.25) is 4.68 Å². The van der Waals surface area contributed by atoms with Crippen molar-refractivity contribution in [3.63, 3.8) is 0 Å². The first-order valence-corrected chi connectivity index (χ1v) is 6.02. The molecule has 0 fully saturated rings. The van der Waals surface area contributed by atoms with Gasteiger partial charge in [0.2, 0.25) is 0 Å². The van der Waals surface area contributed by atoms with E-state index in [1.54, 1.807) is 12.3 Å². The zero-order chi connectivity index (χ0) is 11.1. The second-order valence-electron chi connectivity index (χ2n) is 4.00. The zero-order valence-electron chi connectivity index (χ0n) is 8.53. The number of halogens is 2. The van der Waals surface area contributed by atoms with Gasteiger partial charge in [0, 0.05) is 16.9 Å². The van der Waals surface area contributed by atoms with Crippen LogP contribution in [-0.2, 0) is 6.42 Å². The van der Waals surface area contributed by atoms with Crippen LogP contribution in [0.15, 0.2) is 35.1 Å². The SMILES string of the molecule is Fc1cc(Br)c2c(c1)C(n1cccn1)CC2. The highest BCUT2D eigenvalue weighted by molar-refractivity contribution is 9.10. The Hall–Kier alpha value is -1.16. The van der Waals surface area contributed by atoms with Gasteiger partial charge in [0.1, 0.15) is 5.82 Å². The van der Waals surface area contributed by atoms with Gasteiger partial charge in [-0.1, -0.05) is 15.9 Å². The topological polar surface area (TPSA) is 17.8 Å². The molecule has 1 atom stereocenters. The number of hydrogen-bond acceptors (Lipinski definition) is 1. The van der Waals surface area contributed by atoms with Crippen LogP contribution in [0.4, 0.5) is 4.39 Å². The summed E-state index contributed by atoms with van der Waals surface area (Å²) in [6, 6.07) is 5.23. The van der Waals surface area contributed by atoms with Crippen LogP contribution in [0.2, 0.25) is 0 Å².